The van der Waals surface area contributed by atoms with Crippen LogP contribution in [0.3, 0.4) is 0 Å². The molecule has 0 fully saturated rings. The summed E-state index contributed by atoms with van der Waals surface area (Å²) >= 11 is 0. The minimum atomic E-state index is 0.116. The van der Waals surface area contributed by atoms with Gasteiger partial charge in [-0.25, -0.2) is 0 Å². The summed E-state index contributed by atoms with van der Waals surface area (Å²) in [7, 11) is 0. The number of unbranched alkanes of at least 4 members (excludes halogenated alkanes) is 20. The van der Waals surface area contributed by atoms with E-state index in [-0.39, 0.29) is 23.0 Å². The van der Waals surface area contributed by atoms with Crippen LogP contribution in [0, 0.1) is 0 Å². The molecule has 1 aliphatic rings. The Kier molecular flexibility index (Phi) is 24.5. The minimum Gasteiger partial charge on any atom is -0.508 e. The summed E-state index contributed by atoms with van der Waals surface area (Å²) in [4.78, 5) is 0. The van der Waals surface area contributed by atoms with Gasteiger partial charge in [-0.3, -0.25) is 0 Å². The zero-order valence-corrected chi connectivity index (χ0v) is 42.7. The van der Waals surface area contributed by atoms with Gasteiger partial charge in [0.25, 0.3) is 0 Å². The molecule has 4 N–H and O–H groups in total. The molecule has 4 aromatic carbocycles. The van der Waals surface area contributed by atoms with Gasteiger partial charge in [-0.2, -0.15) is 0 Å². The Bertz CT molecular complexity index is 1690. The molecule has 8 bridgehead atoms. The van der Waals surface area contributed by atoms with E-state index in [9.17, 15) is 20.4 Å². The molecule has 0 saturated carbocycles. The molecule has 0 atom stereocenters. The Hall–Kier alpha value is -4.72. The highest BCUT2D eigenvalue weighted by atomic mass is 16.5. The monoisotopic (exact) mass is 937 g/mol. The Morgan fingerprint density at radius 2 is 0.426 bits per heavy atom. The Morgan fingerprint density at radius 3 is 0.603 bits per heavy atom. The Morgan fingerprint density at radius 1 is 0.265 bits per heavy atom. The first kappa shape index (κ1) is 54.2. The maximum atomic E-state index is 11.5. The van der Waals surface area contributed by atoms with E-state index in [0.717, 1.165) is 122 Å². The summed E-state index contributed by atoms with van der Waals surface area (Å²) in [5.74, 6) is 3.25. The first-order valence-corrected chi connectivity index (χ1v) is 27.1. The summed E-state index contributed by atoms with van der Waals surface area (Å²) in [6.07, 6.45) is 28.5. The van der Waals surface area contributed by atoms with Crippen molar-refractivity contribution in [2.45, 2.75) is 207 Å². The van der Waals surface area contributed by atoms with Crippen LogP contribution in [0.4, 0.5) is 0 Å². The summed E-state index contributed by atoms with van der Waals surface area (Å²) in [6, 6.07) is 14.3. The van der Waals surface area contributed by atoms with Gasteiger partial charge in [0.15, 0.2) is 0 Å². The van der Waals surface area contributed by atoms with E-state index in [1.54, 1.807) is 48.5 Å². The number of hydrogen-bond donors (Lipinski definition) is 4. The van der Waals surface area contributed by atoms with Gasteiger partial charge in [0.05, 0.1) is 26.4 Å². The lowest BCUT2D eigenvalue weighted by Crippen LogP contribution is -2.10. The minimum absolute atomic E-state index is 0.116. The molecule has 8 nitrogen and oxygen atoms in total. The summed E-state index contributed by atoms with van der Waals surface area (Å²) in [6.45, 7) is 11.0. The van der Waals surface area contributed by atoms with Crippen molar-refractivity contribution < 1.29 is 39.4 Å². The molecule has 0 radical (unpaired) electrons. The van der Waals surface area contributed by atoms with Crippen molar-refractivity contribution in [2.24, 2.45) is 0 Å². The van der Waals surface area contributed by atoms with E-state index in [1.807, 2.05) is 0 Å². The van der Waals surface area contributed by atoms with Crippen LogP contribution in [0.1, 0.15) is 226 Å². The van der Waals surface area contributed by atoms with Gasteiger partial charge in [-0.15, -0.1) is 0 Å². The highest BCUT2D eigenvalue weighted by molar-refractivity contribution is 5.60. The summed E-state index contributed by atoms with van der Waals surface area (Å²) in [5, 5.41) is 46.1. The lowest BCUT2D eigenvalue weighted by Gasteiger charge is -2.23. The molecule has 0 saturated heterocycles. The predicted molar refractivity (Wildman–Crippen MR) is 279 cm³/mol. The SMILES string of the molecule is CCCCCCCCOc1c2cc(O)cc1Cc1cc(O)cc(c1OCCCCCCCC)Cc1cc(O)cc(c1OCCCCCCCC)Cc1cc(O)cc(c1OCCCCCCCC)C2. The van der Waals surface area contributed by atoms with Crippen LogP contribution >= 0.6 is 0 Å². The number of rotatable bonds is 32. The van der Waals surface area contributed by atoms with E-state index in [1.165, 1.54) is 77.0 Å². The normalized spacial score (nSPS) is 12.3. The van der Waals surface area contributed by atoms with Crippen LogP contribution in [0.5, 0.6) is 46.0 Å². The zero-order chi connectivity index (χ0) is 48.4. The van der Waals surface area contributed by atoms with Crippen LogP contribution in [-0.2, 0) is 25.7 Å². The lowest BCUT2D eigenvalue weighted by atomic mass is 9.90. The van der Waals surface area contributed by atoms with E-state index in [0.29, 0.717) is 75.1 Å². The quantitative estimate of drug-likeness (QED) is 0.0315. The van der Waals surface area contributed by atoms with Crippen molar-refractivity contribution in [1.82, 2.24) is 0 Å². The maximum Gasteiger partial charge on any atom is 0.126 e. The van der Waals surface area contributed by atoms with Gasteiger partial charge < -0.3 is 39.4 Å². The van der Waals surface area contributed by atoms with Crippen molar-refractivity contribution in [3.63, 3.8) is 0 Å². The first-order valence-electron chi connectivity index (χ1n) is 27.1. The molecule has 0 heterocycles. The van der Waals surface area contributed by atoms with E-state index >= 15 is 0 Å². The molecule has 68 heavy (non-hydrogen) atoms. The third-order valence-corrected chi connectivity index (χ3v) is 13.4. The van der Waals surface area contributed by atoms with E-state index in [4.69, 9.17) is 18.9 Å². The largest absolute Gasteiger partial charge is 0.508 e. The Labute approximate surface area is 410 Å². The lowest BCUT2D eigenvalue weighted by molar-refractivity contribution is 0.292. The molecule has 1 aliphatic carbocycles. The summed E-state index contributed by atoms with van der Waals surface area (Å²) in [5.41, 5.74) is 6.31. The molecular weight excluding hydrogens is 849 g/mol. The second-order valence-corrected chi connectivity index (χ2v) is 19.5. The molecule has 0 aliphatic heterocycles. The molecule has 376 valence electrons. The number of aromatic hydroxyl groups is 4. The molecule has 0 unspecified atom stereocenters. The summed E-state index contributed by atoms with van der Waals surface area (Å²) < 4.78 is 27.3. The molecule has 4 aromatic rings. The van der Waals surface area contributed by atoms with Crippen molar-refractivity contribution in [2.75, 3.05) is 26.4 Å². The smallest absolute Gasteiger partial charge is 0.126 e. The Balaban J connectivity index is 1.65. The third kappa shape index (κ3) is 18.0. The van der Waals surface area contributed by atoms with Crippen LogP contribution in [0.25, 0.3) is 0 Å². The molecular formula is C60H88O8. The highest BCUT2D eigenvalue weighted by Crippen LogP contribution is 2.43. The van der Waals surface area contributed by atoms with Crippen molar-refractivity contribution in [3.05, 3.63) is 93.0 Å². The van der Waals surface area contributed by atoms with Crippen LogP contribution in [-0.4, -0.2) is 46.9 Å². The van der Waals surface area contributed by atoms with Crippen LogP contribution in [0.15, 0.2) is 48.5 Å². The van der Waals surface area contributed by atoms with Crippen molar-refractivity contribution in [3.8, 4) is 46.0 Å². The van der Waals surface area contributed by atoms with Gasteiger partial charge >= 0.3 is 0 Å². The van der Waals surface area contributed by atoms with Crippen LogP contribution in [0.2, 0.25) is 0 Å². The third-order valence-electron chi connectivity index (χ3n) is 13.4. The van der Waals surface area contributed by atoms with Crippen LogP contribution < -0.4 is 18.9 Å². The number of benzene rings is 4. The fourth-order valence-corrected chi connectivity index (χ4v) is 9.78. The van der Waals surface area contributed by atoms with E-state index in [2.05, 4.69) is 27.7 Å². The number of ether oxygens (including phenoxy) is 4. The molecule has 0 spiro atoms. The van der Waals surface area contributed by atoms with Gasteiger partial charge in [-0.1, -0.05) is 156 Å². The molecule has 0 amide bonds. The van der Waals surface area contributed by atoms with Gasteiger partial charge in [0.1, 0.15) is 46.0 Å². The second-order valence-electron chi connectivity index (χ2n) is 19.5. The average molecular weight is 937 g/mol. The van der Waals surface area contributed by atoms with Crippen molar-refractivity contribution >= 4 is 0 Å². The fourth-order valence-electron chi connectivity index (χ4n) is 9.78. The number of phenols is 4. The van der Waals surface area contributed by atoms with Crippen molar-refractivity contribution in [1.29, 1.82) is 0 Å². The maximum absolute atomic E-state index is 11.5. The van der Waals surface area contributed by atoms with Gasteiger partial charge in [-0.05, 0) is 74.2 Å². The fraction of sp³-hybridized carbons (Fsp3) is 0.600. The number of phenolic OH excluding ortho intramolecular Hbond substituents is 4. The average Bonchev–Trinajstić information content (AvgIpc) is 3.30. The molecule has 5 rings (SSSR count). The van der Waals surface area contributed by atoms with Gasteiger partial charge in [0, 0.05) is 70.2 Å². The molecule has 8 heteroatoms. The standard InChI is InChI=1S/C60H88O8/c1-5-9-13-17-21-25-29-65-57-45-33-47-39-54(62)41-49(58(47)66-30-26-22-18-14-10-6-2)35-51-43-56(64)44-52(60(51)68-32-28-24-20-16-12-8-4)36-50-42-55(63)40-48(34-46(57)38-53(61)37-45)59(50)67-31-27-23-19-15-11-7-3/h37-44,61-64H,5-36H2,1-4H3. The predicted octanol–water partition coefficient (Wildman–Crippen LogP) is 16.1. The zero-order valence-electron chi connectivity index (χ0n) is 42.7. The number of fused-ring (bicyclic) bond motifs is 8. The second kappa shape index (κ2) is 30.7. The topological polar surface area (TPSA) is 118 Å². The van der Waals surface area contributed by atoms with E-state index < -0.39 is 0 Å². The van der Waals surface area contributed by atoms with Gasteiger partial charge in [0.2, 0.25) is 0 Å². The highest BCUT2D eigenvalue weighted by Gasteiger charge is 2.25. The number of hydrogen-bond acceptors (Lipinski definition) is 8. The molecule has 0 aromatic heterocycles. The first-order chi connectivity index (χ1) is 33.2.